The summed E-state index contributed by atoms with van der Waals surface area (Å²) in [6.07, 6.45) is 3.96. The van der Waals surface area contributed by atoms with Crippen LogP contribution in [0.4, 0.5) is 4.79 Å². The molecule has 0 bridgehead atoms. The predicted octanol–water partition coefficient (Wildman–Crippen LogP) is 1.04. The van der Waals surface area contributed by atoms with Crippen molar-refractivity contribution in [2.45, 2.75) is 51.6 Å². The fourth-order valence-corrected chi connectivity index (χ4v) is 2.37. The lowest BCUT2D eigenvalue weighted by Crippen LogP contribution is -2.52. The van der Waals surface area contributed by atoms with Crippen molar-refractivity contribution in [3.05, 3.63) is 0 Å². The van der Waals surface area contributed by atoms with E-state index in [0.717, 1.165) is 25.7 Å². The van der Waals surface area contributed by atoms with Crippen LogP contribution in [0.5, 0.6) is 0 Å². The quantitative estimate of drug-likeness (QED) is 0.713. The van der Waals surface area contributed by atoms with Gasteiger partial charge in [-0.2, -0.15) is 0 Å². The highest BCUT2D eigenvalue weighted by atomic mass is 16.4. The van der Waals surface area contributed by atoms with E-state index in [2.05, 4.69) is 19.2 Å². The number of hydrogen-bond donors (Lipinski definition) is 3. The largest absolute Gasteiger partial charge is 0.480 e. The molecule has 1 aliphatic carbocycles. The lowest BCUT2D eigenvalue weighted by Gasteiger charge is -2.38. The zero-order valence-electron chi connectivity index (χ0n) is 11.8. The number of amides is 2. The highest BCUT2D eigenvalue weighted by Crippen LogP contribution is 2.36. The molecule has 3 N–H and O–H groups in total. The van der Waals surface area contributed by atoms with Crippen LogP contribution in [0.25, 0.3) is 0 Å². The lowest BCUT2D eigenvalue weighted by molar-refractivity contribution is -0.140. The molecule has 1 saturated carbocycles. The first kappa shape index (κ1) is 15.8. The Morgan fingerprint density at radius 3 is 2.32 bits per heavy atom. The third-order valence-electron chi connectivity index (χ3n) is 3.96. The maximum Gasteiger partial charge on any atom is 0.328 e. The molecule has 0 aromatic rings. The number of urea groups is 1. The maximum absolute atomic E-state index is 11.9. The first-order valence-electron chi connectivity index (χ1n) is 6.64. The van der Waals surface area contributed by atoms with Crippen molar-refractivity contribution >= 4 is 12.0 Å². The number of carbonyl (C=O) groups is 2. The number of rotatable bonds is 4. The van der Waals surface area contributed by atoms with E-state index in [1.165, 1.54) is 0 Å². The summed E-state index contributed by atoms with van der Waals surface area (Å²) in [6, 6.07) is -1.54. The lowest BCUT2D eigenvalue weighted by atomic mass is 9.75. The molecule has 0 aliphatic heterocycles. The fraction of sp³-hybridized carbons (Fsp3) is 0.846. The second-order valence-corrected chi connectivity index (χ2v) is 6.03. The number of hydrogen-bond acceptors (Lipinski definition) is 3. The van der Waals surface area contributed by atoms with Gasteiger partial charge in [-0.25, -0.2) is 9.59 Å². The zero-order valence-corrected chi connectivity index (χ0v) is 11.8. The number of aliphatic carboxylic acids is 1. The summed E-state index contributed by atoms with van der Waals surface area (Å²) in [6.45, 7) is 3.83. The third kappa shape index (κ3) is 4.38. The summed E-state index contributed by atoms with van der Waals surface area (Å²) >= 11 is 0. The maximum atomic E-state index is 11.9. The van der Waals surface area contributed by atoms with E-state index >= 15 is 0 Å². The first-order valence-corrected chi connectivity index (χ1v) is 6.64. The number of carboxylic acids is 1. The Hall–Kier alpha value is -1.30. The van der Waals surface area contributed by atoms with Crippen LogP contribution in [0.15, 0.2) is 0 Å². The number of nitrogens with one attached hydrogen (secondary N) is 1. The Kier molecular flexibility index (Phi) is 5.17. The predicted molar refractivity (Wildman–Crippen MR) is 70.8 cm³/mol. The normalized spacial score (nSPS) is 20.6. The van der Waals surface area contributed by atoms with Gasteiger partial charge >= 0.3 is 12.0 Å². The number of carbonyl (C=O) groups excluding carboxylic acids is 1. The van der Waals surface area contributed by atoms with Crippen molar-refractivity contribution in [3.8, 4) is 0 Å². The van der Waals surface area contributed by atoms with E-state index in [-0.39, 0.29) is 6.04 Å². The minimum atomic E-state index is -1.24. The van der Waals surface area contributed by atoms with Gasteiger partial charge in [0.1, 0.15) is 0 Å². The first-order chi connectivity index (χ1) is 8.76. The van der Waals surface area contributed by atoms with Gasteiger partial charge in [-0.05, 0) is 31.1 Å². The van der Waals surface area contributed by atoms with Crippen molar-refractivity contribution in [2.75, 3.05) is 13.7 Å². The van der Waals surface area contributed by atoms with Crippen LogP contribution in [0.2, 0.25) is 0 Å². The highest BCUT2D eigenvalue weighted by molar-refractivity contribution is 5.82. The van der Waals surface area contributed by atoms with Gasteiger partial charge in [-0.1, -0.05) is 13.8 Å². The molecule has 1 atom stereocenters. The van der Waals surface area contributed by atoms with Gasteiger partial charge < -0.3 is 20.4 Å². The van der Waals surface area contributed by atoms with Gasteiger partial charge in [0.05, 0.1) is 6.61 Å². The third-order valence-corrected chi connectivity index (χ3v) is 3.96. The molecule has 110 valence electrons. The van der Waals surface area contributed by atoms with Crippen molar-refractivity contribution in [3.63, 3.8) is 0 Å². The molecule has 0 radical (unpaired) electrons. The average Bonchev–Trinajstić information content (AvgIpc) is 2.34. The Morgan fingerprint density at radius 1 is 1.37 bits per heavy atom. The molecule has 0 aromatic heterocycles. The SMILES string of the molecule is CN(C(=O)NC(CO)C(=O)O)C1CCC(C)(C)CC1. The monoisotopic (exact) mass is 272 g/mol. The Labute approximate surface area is 113 Å². The van der Waals surface area contributed by atoms with Crippen molar-refractivity contribution in [1.29, 1.82) is 0 Å². The molecule has 0 spiro atoms. The number of aliphatic hydroxyl groups excluding tert-OH is 1. The Morgan fingerprint density at radius 2 is 1.89 bits per heavy atom. The molecular weight excluding hydrogens is 248 g/mol. The van der Waals surface area contributed by atoms with Gasteiger partial charge in [0, 0.05) is 13.1 Å². The summed E-state index contributed by atoms with van der Waals surface area (Å²) < 4.78 is 0. The van der Waals surface area contributed by atoms with Gasteiger partial charge in [0.15, 0.2) is 6.04 Å². The van der Waals surface area contributed by atoms with Crippen LogP contribution < -0.4 is 5.32 Å². The van der Waals surface area contributed by atoms with Gasteiger partial charge in [0.2, 0.25) is 0 Å². The van der Waals surface area contributed by atoms with Crippen molar-refractivity contribution in [2.24, 2.45) is 5.41 Å². The van der Waals surface area contributed by atoms with E-state index in [1.807, 2.05) is 0 Å². The summed E-state index contributed by atoms with van der Waals surface area (Å²) in [5.41, 5.74) is 0.322. The van der Waals surface area contributed by atoms with Crippen LogP contribution in [-0.4, -0.2) is 52.9 Å². The molecule has 2 amide bonds. The van der Waals surface area contributed by atoms with Crippen molar-refractivity contribution in [1.82, 2.24) is 10.2 Å². The molecule has 0 aromatic carbocycles. The smallest absolute Gasteiger partial charge is 0.328 e. The van der Waals surface area contributed by atoms with Gasteiger partial charge in [0.25, 0.3) is 0 Å². The fourth-order valence-electron chi connectivity index (χ4n) is 2.37. The van der Waals surface area contributed by atoms with E-state index in [4.69, 9.17) is 10.2 Å². The van der Waals surface area contributed by atoms with E-state index in [0.29, 0.717) is 5.41 Å². The van der Waals surface area contributed by atoms with Crippen LogP contribution >= 0.6 is 0 Å². The second-order valence-electron chi connectivity index (χ2n) is 6.03. The van der Waals surface area contributed by atoms with E-state index in [1.54, 1.807) is 11.9 Å². The molecule has 0 saturated heterocycles. The molecule has 6 heteroatoms. The molecule has 6 nitrogen and oxygen atoms in total. The Bertz CT molecular complexity index is 334. The topological polar surface area (TPSA) is 89.9 Å². The van der Waals surface area contributed by atoms with Crippen LogP contribution in [-0.2, 0) is 4.79 Å². The van der Waals surface area contributed by atoms with Crippen LogP contribution in [0.1, 0.15) is 39.5 Å². The minimum Gasteiger partial charge on any atom is -0.480 e. The molecule has 1 fully saturated rings. The summed E-state index contributed by atoms with van der Waals surface area (Å²) in [5, 5.41) is 20.0. The van der Waals surface area contributed by atoms with Crippen LogP contribution in [0.3, 0.4) is 0 Å². The molecule has 1 rings (SSSR count). The highest BCUT2D eigenvalue weighted by Gasteiger charge is 2.31. The summed E-state index contributed by atoms with van der Waals surface area (Å²) in [7, 11) is 1.68. The summed E-state index contributed by atoms with van der Waals surface area (Å²) in [4.78, 5) is 24.2. The number of aliphatic hydroxyl groups is 1. The van der Waals surface area contributed by atoms with Crippen LogP contribution in [0, 0.1) is 5.41 Å². The molecule has 1 unspecified atom stereocenters. The zero-order chi connectivity index (χ0) is 14.6. The number of carboxylic acid groups (broad SMARTS) is 1. The molecule has 19 heavy (non-hydrogen) atoms. The molecule has 1 aliphatic rings. The summed E-state index contributed by atoms with van der Waals surface area (Å²) in [5.74, 6) is -1.23. The molecule has 0 heterocycles. The van der Waals surface area contributed by atoms with Crippen molar-refractivity contribution < 1.29 is 19.8 Å². The standard InChI is InChI=1S/C13H24N2O4/c1-13(2)6-4-9(5-7-13)15(3)12(19)14-10(8-16)11(17)18/h9-10,16H,4-8H2,1-3H3,(H,14,19)(H,17,18). The molecular formula is C13H24N2O4. The van der Waals surface area contributed by atoms with E-state index < -0.39 is 24.6 Å². The number of nitrogens with zero attached hydrogens (tertiary/aromatic N) is 1. The Balaban J connectivity index is 2.51. The average molecular weight is 272 g/mol. The van der Waals surface area contributed by atoms with Gasteiger partial charge in [-0.3, -0.25) is 0 Å². The minimum absolute atomic E-state index is 0.140. The van der Waals surface area contributed by atoms with E-state index in [9.17, 15) is 9.59 Å². The second kappa shape index (κ2) is 6.23. The van der Waals surface area contributed by atoms with Gasteiger partial charge in [-0.15, -0.1) is 0 Å².